The van der Waals surface area contributed by atoms with Crippen LogP contribution in [0.15, 0.2) is 30.6 Å². The molecule has 0 aliphatic carbocycles. The van der Waals surface area contributed by atoms with E-state index in [1.54, 1.807) is 0 Å². The highest BCUT2D eigenvalue weighted by Crippen LogP contribution is 2.24. The zero-order chi connectivity index (χ0) is 12.4. The number of nitrogens with two attached hydrogens (primary N) is 1. The van der Waals surface area contributed by atoms with Crippen LogP contribution < -0.4 is 5.73 Å². The highest BCUT2D eigenvalue weighted by molar-refractivity contribution is 5.62. The first-order valence-corrected chi connectivity index (χ1v) is 5.94. The van der Waals surface area contributed by atoms with E-state index < -0.39 is 0 Å². The summed E-state index contributed by atoms with van der Waals surface area (Å²) in [5.41, 5.74) is 10.3. The molecular weight excluding hydrogens is 210 g/mol. The molecule has 0 aliphatic rings. The Kier molecular flexibility index (Phi) is 3.29. The molecule has 0 atom stereocenters. The van der Waals surface area contributed by atoms with E-state index in [9.17, 15) is 0 Å². The number of aryl methyl sites for hydroxylation is 1. The van der Waals surface area contributed by atoms with Crippen molar-refractivity contribution in [2.75, 3.05) is 0 Å². The zero-order valence-corrected chi connectivity index (χ0v) is 10.6. The van der Waals surface area contributed by atoms with Gasteiger partial charge in [-0.2, -0.15) is 0 Å². The molecule has 0 fully saturated rings. The molecule has 0 radical (unpaired) electrons. The molecule has 3 nitrogen and oxygen atoms in total. The molecule has 1 aromatic heterocycles. The molecule has 2 aromatic rings. The molecule has 1 aromatic carbocycles. The van der Waals surface area contributed by atoms with Gasteiger partial charge < -0.3 is 10.3 Å². The summed E-state index contributed by atoms with van der Waals surface area (Å²) in [4.78, 5) is 4.41. The summed E-state index contributed by atoms with van der Waals surface area (Å²) in [5.74, 6) is 0.557. The van der Waals surface area contributed by atoms with Gasteiger partial charge in [-0.25, -0.2) is 4.98 Å². The predicted molar refractivity (Wildman–Crippen MR) is 70.6 cm³/mol. The van der Waals surface area contributed by atoms with Crippen molar-refractivity contribution in [1.29, 1.82) is 0 Å². The predicted octanol–water partition coefficient (Wildman–Crippen LogP) is 2.67. The van der Waals surface area contributed by atoms with Gasteiger partial charge in [-0.1, -0.05) is 38.1 Å². The molecule has 0 bridgehead atoms. The lowest BCUT2D eigenvalue weighted by Crippen LogP contribution is -2.04. The van der Waals surface area contributed by atoms with E-state index in [1.807, 2.05) is 17.9 Å². The van der Waals surface area contributed by atoms with Crippen LogP contribution in [0.1, 0.15) is 31.0 Å². The summed E-state index contributed by atoms with van der Waals surface area (Å²) in [5, 5.41) is 0. The Hall–Kier alpha value is -1.61. The largest absolute Gasteiger partial charge is 0.336 e. The van der Waals surface area contributed by atoms with Gasteiger partial charge in [0, 0.05) is 19.2 Å². The average Bonchev–Trinajstić information content (AvgIpc) is 2.70. The number of aromatic nitrogens is 2. The molecule has 0 aliphatic heterocycles. The minimum absolute atomic E-state index is 0.512. The van der Waals surface area contributed by atoms with Gasteiger partial charge in [-0.3, -0.25) is 0 Å². The van der Waals surface area contributed by atoms with E-state index >= 15 is 0 Å². The lowest BCUT2D eigenvalue weighted by atomic mass is 10.0. The van der Waals surface area contributed by atoms with Crippen LogP contribution in [-0.4, -0.2) is 9.55 Å². The van der Waals surface area contributed by atoms with Crippen molar-refractivity contribution in [1.82, 2.24) is 9.55 Å². The van der Waals surface area contributed by atoms with Gasteiger partial charge in [0.2, 0.25) is 0 Å². The van der Waals surface area contributed by atoms with Crippen LogP contribution in [-0.2, 0) is 13.6 Å². The molecule has 1 heterocycles. The Morgan fingerprint density at radius 2 is 1.88 bits per heavy atom. The van der Waals surface area contributed by atoms with Crippen LogP contribution in [0.4, 0.5) is 0 Å². The van der Waals surface area contributed by atoms with Gasteiger partial charge in [0.1, 0.15) is 0 Å². The fourth-order valence-corrected chi connectivity index (χ4v) is 1.96. The van der Waals surface area contributed by atoms with Crippen LogP contribution in [0.25, 0.3) is 11.3 Å². The number of hydrogen-bond donors (Lipinski definition) is 1. The van der Waals surface area contributed by atoms with Gasteiger partial charge in [0.15, 0.2) is 0 Å². The lowest BCUT2D eigenvalue weighted by molar-refractivity contribution is 0.821. The second-order valence-electron chi connectivity index (χ2n) is 4.63. The monoisotopic (exact) mass is 229 g/mol. The SMILES string of the molecule is CC(C)c1ccc(-c2ncn(C)c2CN)cc1. The van der Waals surface area contributed by atoms with E-state index in [-0.39, 0.29) is 0 Å². The highest BCUT2D eigenvalue weighted by Gasteiger charge is 2.09. The zero-order valence-electron chi connectivity index (χ0n) is 10.6. The Morgan fingerprint density at radius 3 is 2.41 bits per heavy atom. The maximum atomic E-state index is 5.75. The van der Waals surface area contributed by atoms with Crippen molar-refractivity contribution in [2.45, 2.75) is 26.3 Å². The van der Waals surface area contributed by atoms with E-state index in [0.29, 0.717) is 12.5 Å². The number of benzene rings is 1. The summed E-state index contributed by atoms with van der Waals surface area (Å²) < 4.78 is 1.98. The molecule has 0 saturated carbocycles. The van der Waals surface area contributed by atoms with E-state index in [0.717, 1.165) is 17.0 Å². The van der Waals surface area contributed by atoms with Gasteiger partial charge >= 0.3 is 0 Å². The summed E-state index contributed by atoms with van der Waals surface area (Å²) in [6, 6.07) is 8.57. The molecule has 2 rings (SSSR count). The number of imidazole rings is 1. The minimum atomic E-state index is 0.512. The third kappa shape index (κ3) is 2.24. The summed E-state index contributed by atoms with van der Waals surface area (Å²) in [7, 11) is 1.97. The van der Waals surface area contributed by atoms with Gasteiger partial charge in [0.25, 0.3) is 0 Å². The van der Waals surface area contributed by atoms with Crippen LogP contribution in [0.2, 0.25) is 0 Å². The third-order valence-corrected chi connectivity index (χ3v) is 3.10. The van der Waals surface area contributed by atoms with Crippen molar-refractivity contribution in [3.63, 3.8) is 0 Å². The topological polar surface area (TPSA) is 43.8 Å². The van der Waals surface area contributed by atoms with Crippen molar-refractivity contribution in [3.05, 3.63) is 41.9 Å². The highest BCUT2D eigenvalue weighted by atomic mass is 15.0. The Balaban J connectivity index is 2.39. The maximum Gasteiger partial charge on any atom is 0.0953 e. The Labute approximate surface area is 102 Å². The fraction of sp³-hybridized carbons (Fsp3) is 0.357. The third-order valence-electron chi connectivity index (χ3n) is 3.10. The molecule has 0 amide bonds. The molecule has 17 heavy (non-hydrogen) atoms. The molecule has 3 heteroatoms. The average molecular weight is 229 g/mol. The number of hydrogen-bond acceptors (Lipinski definition) is 2. The quantitative estimate of drug-likeness (QED) is 0.879. The maximum absolute atomic E-state index is 5.75. The first-order valence-electron chi connectivity index (χ1n) is 5.94. The first kappa shape index (κ1) is 11.9. The minimum Gasteiger partial charge on any atom is -0.336 e. The molecule has 0 unspecified atom stereocenters. The second kappa shape index (κ2) is 4.72. The summed E-state index contributed by atoms with van der Waals surface area (Å²) in [6.07, 6.45) is 1.81. The van der Waals surface area contributed by atoms with Gasteiger partial charge in [0.05, 0.1) is 17.7 Å². The van der Waals surface area contributed by atoms with Crippen molar-refractivity contribution in [2.24, 2.45) is 12.8 Å². The fourth-order valence-electron chi connectivity index (χ4n) is 1.96. The van der Waals surface area contributed by atoms with Gasteiger partial charge in [-0.15, -0.1) is 0 Å². The number of nitrogens with zero attached hydrogens (tertiary/aromatic N) is 2. The molecule has 0 spiro atoms. The van der Waals surface area contributed by atoms with Crippen molar-refractivity contribution in [3.8, 4) is 11.3 Å². The summed E-state index contributed by atoms with van der Waals surface area (Å²) in [6.45, 7) is 4.90. The Morgan fingerprint density at radius 1 is 1.24 bits per heavy atom. The lowest BCUT2D eigenvalue weighted by Gasteiger charge is -2.07. The first-order chi connectivity index (χ1) is 8.13. The molecule has 2 N–H and O–H groups in total. The van der Waals surface area contributed by atoms with Crippen LogP contribution in [0.5, 0.6) is 0 Å². The second-order valence-corrected chi connectivity index (χ2v) is 4.63. The molecule has 90 valence electrons. The van der Waals surface area contributed by atoms with Crippen molar-refractivity contribution < 1.29 is 0 Å². The Bertz CT molecular complexity index is 495. The van der Waals surface area contributed by atoms with Crippen LogP contribution in [0, 0.1) is 0 Å². The van der Waals surface area contributed by atoms with Crippen molar-refractivity contribution >= 4 is 0 Å². The van der Waals surface area contributed by atoms with Crippen LogP contribution in [0.3, 0.4) is 0 Å². The number of rotatable bonds is 3. The molecule has 0 saturated heterocycles. The summed E-state index contributed by atoms with van der Waals surface area (Å²) >= 11 is 0. The smallest absolute Gasteiger partial charge is 0.0953 e. The van der Waals surface area contributed by atoms with E-state index in [2.05, 4.69) is 43.1 Å². The van der Waals surface area contributed by atoms with Crippen LogP contribution >= 0.6 is 0 Å². The van der Waals surface area contributed by atoms with Gasteiger partial charge in [-0.05, 0) is 11.5 Å². The molecular formula is C14H19N3. The standard InChI is InChI=1S/C14H19N3/c1-10(2)11-4-6-12(7-5-11)14-13(8-15)17(3)9-16-14/h4-7,9-10H,8,15H2,1-3H3. The van der Waals surface area contributed by atoms with E-state index in [1.165, 1.54) is 5.56 Å². The normalized spacial score (nSPS) is 11.1. The van der Waals surface area contributed by atoms with E-state index in [4.69, 9.17) is 5.73 Å².